The highest BCUT2D eigenvalue weighted by molar-refractivity contribution is 6.02. The highest BCUT2D eigenvalue weighted by Crippen LogP contribution is 2.14. The SMILES string of the molecule is CCn1ccc(C(=O)Nc2cnn(Cc3cccc(OC)c3)c2)n1. The molecule has 7 heteroatoms. The molecular weight excluding hydrogens is 306 g/mol. The van der Waals surface area contributed by atoms with Crippen molar-refractivity contribution in [2.24, 2.45) is 0 Å². The van der Waals surface area contributed by atoms with Gasteiger partial charge < -0.3 is 10.1 Å². The molecule has 0 aliphatic heterocycles. The van der Waals surface area contributed by atoms with Gasteiger partial charge in [-0.1, -0.05) is 12.1 Å². The lowest BCUT2D eigenvalue weighted by atomic mass is 10.2. The third-order valence-electron chi connectivity index (χ3n) is 3.57. The van der Waals surface area contributed by atoms with Crippen LogP contribution in [0.5, 0.6) is 5.75 Å². The van der Waals surface area contributed by atoms with Crippen LogP contribution >= 0.6 is 0 Å². The molecule has 0 radical (unpaired) electrons. The van der Waals surface area contributed by atoms with Gasteiger partial charge in [-0.25, -0.2) is 0 Å². The lowest BCUT2D eigenvalue weighted by Gasteiger charge is -2.04. The fourth-order valence-corrected chi connectivity index (χ4v) is 2.33. The summed E-state index contributed by atoms with van der Waals surface area (Å²) in [6, 6.07) is 9.48. The van der Waals surface area contributed by atoms with Crippen molar-refractivity contribution in [2.75, 3.05) is 12.4 Å². The molecule has 7 nitrogen and oxygen atoms in total. The maximum atomic E-state index is 12.2. The number of nitrogens with one attached hydrogen (secondary N) is 1. The lowest BCUT2D eigenvalue weighted by Crippen LogP contribution is -2.13. The Hall–Kier alpha value is -3.09. The number of rotatable bonds is 6. The molecule has 0 unspecified atom stereocenters. The highest BCUT2D eigenvalue weighted by Gasteiger charge is 2.10. The smallest absolute Gasteiger partial charge is 0.276 e. The minimum absolute atomic E-state index is 0.247. The molecule has 0 saturated heterocycles. The summed E-state index contributed by atoms with van der Waals surface area (Å²) in [5.41, 5.74) is 2.09. The molecule has 0 fully saturated rings. The quantitative estimate of drug-likeness (QED) is 0.755. The van der Waals surface area contributed by atoms with E-state index in [0.717, 1.165) is 17.9 Å². The van der Waals surface area contributed by atoms with E-state index in [2.05, 4.69) is 15.5 Å². The fourth-order valence-electron chi connectivity index (χ4n) is 2.33. The number of aryl methyl sites for hydroxylation is 1. The number of aromatic nitrogens is 4. The first-order chi connectivity index (χ1) is 11.7. The number of carbonyl (C=O) groups excluding carboxylic acids is 1. The zero-order valence-corrected chi connectivity index (χ0v) is 13.6. The van der Waals surface area contributed by atoms with Crippen LogP contribution in [-0.4, -0.2) is 32.6 Å². The molecule has 2 heterocycles. The molecule has 1 amide bonds. The maximum absolute atomic E-state index is 12.2. The van der Waals surface area contributed by atoms with Crippen LogP contribution in [0.3, 0.4) is 0 Å². The van der Waals surface area contributed by atoms with E-state index < -0.39 is 0 Å². The van der Waals surface area contributed by atoms with Crippen molar-refractivity contribution in [3.63, 3.8) is 0 Å². The minimum Gasteiger partial charge on any atom is -0.497 e. The minimum atomic E-state index is -0.247. The maximum Gasteiger partial charge on any atom is 0.276 e. The van der Waals surface area contributed by atoms with Crippen LogP contribution in [0, 0.1) is 0 Å². The highest BCUT2D eigenvalue weighted by atomic mass is 16.5. The van der Waals surface area contributed by atoms with Crippen molar-refractivity contribution < 1.29 is 9.53 Å². The second kappa shape index (κ2) is 6.99. The first kappa shape index (κ1) is 15.8. The molecule has 0 saturated carbocycles. The van der Waals surface area contributed by atoms with Crippen LogP contribution in [0.25, 0.3) is 0 Å². The lowest BCUT2D eigenvalue weighted by molar-refractivity contribution is 0.102. The third-order valence-corrected chi connectivity index (χ3v) is 3.57. The van der Waals surface area contributed by atoms with E-state index in [0.29, 0.717) is 17.9 Å². The van der Waals surface area contributed by atoms with Gasteiger partial charge >= 0.3 is 0 Å². The van der Waals surface area contributed by atoms with Gasteiger partial charge in [0, 0.05) is 18.9 Å². The molecule has 0 spiro atoms. The Morgan fingerprint density at radius 1 is 1.29 bits per heavy atom. The first-order valence-corrected chi connectivity index (χ1v) is 7.68. The van der Waals surface area contributed by atoms with Crippen LogP contribution in [0.4, 0.5) is 5.69 Å². The van der Waals surface area contributed by atoms with Crippen molar-refractivity contribution in [1.29, 1.82) is 0 Å². The number of carbonyl (C=O) groups is 1. The van der Waals surface area contributed by atoms with Gasteiger partial charge in [0.2, 0.25) is 0 Å². The number of hydrogen-bond acceptors (Lipinski definition) is 4. The normalized spacial score (nSPS) is 10.6. The van der Waals surface area contributed by atoms with E-state index in [1.807, 2.05) is 31.2 Å². The Morgan fingerprint density at radius 2 is 2.17 bits per heavy atom. The summed E-state index contributed by atoms with van der Waals surface area (Å²) in [4.78, 5) is 12.2. The summed E-state index contributed by atoms with van der Waals surface area (Å²) in [5.74, 6) is 0.558. The summed E-state index contributed by atoms with van der Waals surface area (Å²) in [6.45, 7) is 3.29. The molecule has 3 aromatic rings. The summed E-state index contributed by atoms with van der Waals surface area (Å²) in [5, 5.41) is 11.3. The predicted octanol–water partition coefficient (Wildman–Crippen LogP) is 2.41. The van der Waals surface area contributed by atoms with Crippen molar-refractivity contribution in [3.8, 4) is 5.75 Å². The Morgan fingerprint density at radius 3 is 2.92 bits per heavy atom. The monoisotopic (exact) mass is 325 g/mol. The zero-order valence-electron chi connectivity index (χ0n) is 13.6. The molecule has 1 aromatic carbocycles. The largest absolute Gasteiger partial charge is 0.497 e. The molecule has 0 bridgehead atoms. The molecule has 0 aliphatic rings. The zero-order chi connectivity index (χ0) is 16.9. The van der Waals surface area contributed by atoms with Crippen LogP contribution in [-0.2, 0) is 13.1 Å². The Kier molecular flexibility index (Phi) is 4.60. The van der Waals surface area contributed by atoms with E-state index in [4.69, 9.17) is 4.74 Å². The average Bonchev–Trinajstić information content (AvgIpc) is 3.24. The number of hydrogen-bond donors (Lipinski definition) is 1. The van der Waals surface area contributed by atoms with Crippen LogP contribution in [0.15, 0.2) is 48.9 Å². The third kappa shape index (κ3) is 3.62. The van der Waals surface area contributed by atoms with Gasteiger partial charge in [0.15, 0.2) is 5.69 Å². The molecule has 24 heavy (non-hydrogen) atoms. The molecular formula is C17H19N5O2. The van der Waals surface area contributed by atoms with Crippen LogP contribution < -0.4 is 10.1 Å². The summed E-state index contributed by atoms with van der Waals surface area (Å²) >= 11 is 0. The van der Waals surface area contributed by atoms with Crippen LogP contribution in [0.2, 0.25) is 0 Å². The average molecular weight is 325 g/mol. The predicted molar refractivity (Wildman–Crippen MR) is 90.2 cm³/mol. The number of ether oxygens (including phenoxy) is 1. The van der Waals surface area contributed by atoms with Gasteiger partial charge in [0.1, 0.15) is 5.75 Å². The van der Waals surface area contributed by atoms with E-state index in [9.17, 15) is 4.79 Å². The van der Waals surface area contributed by atoms with Crippen molar-refractivity contribution in [2.45, 2.75) is 20.0 Å². The van der Waals surface area contributed by atoms with Crippen molar-refractivity contribution in [3.05, 3.63) is 60.2 Å². The van der Waals surface area contributed by atoms with Gasteiger partial charge in [0.25, 0.3) is 5.91 Å². The van der Waals surface area contributed by atoms with Gasteiger partial charge in [-0.05, 0) is 30.7 Å². The molecule has 2 aromatic heterocycles. The van der Waals surface area contributed by atoms with E-state index >= 15 is 0 Å². The second-order valence-corrected chi connectivity index (χ2v) is 5.29. The topological polar surface area (TPSA) is 74.0 Å². The van der Waals surface area contributed by atoms with Crippen LogP contribution in [0.1, 0.15) is 23.0 Å². The number of nitrogens with zero attached hydrogens (tertiary/aromatic N) is 4. The standard InChI is InChI=1S/C17H19N5O2/c1-3-21-8-7-16(20-21)17(23)19-14-10-18-22(12-14)11-13-5-4-6-15(9-13)24-2/h4-10,12H,3,11H2,1-2H3,(H,19,23). The second-order valence-electron chi connectivity index (χ2n) is 5.29. The van der Waals surface area contributed by atoms with Gasteiger partial charge in [-0.2, -0.15) is 10.2 Å². The van der Waals surface area contributed by atoms with E-state index in [1.165, 1.54) is 0 Å². The summed E-state index contributed by atoms with van der Waals surface area (Å²) in [7, 11) is 1.64. The Labute approximate surface area is 139 Å². The van der Waals surface area contributed by atoms with Crippen molar-refractivity contribution >= 4 is 11.6 Å². The van der Waals surface area contributed by atoms with E-state index in [1.54, 1.807) is 41.1 Å². The molecule has 0 atom stereocenters. The number of anilines is 1. The van der Waals surface area contributed by atoms with Gasteiger partial charge in [0.05, 0.1) is 25.5 Å². The number of amides is 1. The van der Waals surface area contributed by atoms with Gasteiger partial charge in [-0.15, -0.1) is 0 Å². The molecule has 124 valence electrons. The Balaban J connectivity index is 1.65. The Bertz CT molecular complexity index is 837. The first-order valence-electron chi connectivity index (χ1n) is 7.68. The summed E-state index contributed by atoms with van der Waals surface area (Å²) in [6.07, 6.45) is 5.18. The summed E-state index contributed by atoms with van der Waals surface area (Å²) < 4.78 is 8.68. The number of methoxy groups -OCH3 is 1. The van der Waals surface area contributed by atoms with E-state index in [-0.39, 0.29) is 5.91 Å². The fraction of sp³-hybridized carbons (Fsp3) is 0.235. The molecule has 0 aliphatic carbocycles. The van der Waals surface area contributed by atoms with Crippen molar-refractivity contribution in [1.82, 2.24) is 19.6 Å². The van der Waals surface area contributed by atoms with Gasteiger partial charge in [-0.3, -0.25) is 14.2 Å². The number of benzene rings is 1. The molecule has 3 rings (SSSR count). The molecule has 1 N–H and O–H groups in total.